The number of nitrogens with two attached hydrogens (primary N) is 1. The highest BCUT2D eigenvalue weighted by Gasteiger charge is 2.13. The number of amides is 1. The minimum absolute atomic E-state index is 0.00627. The van der Waals surface area contributed by atoms with Crippen LogP contribution in [0.4, 0.5) is 5.69 Å². The maximum absolute atomic E-state index is 12.2. The van der Waals surface area contributed by atoms with Gasteiger partial charge in [0.15, 0.2) is 0 Å². The molecule has 0 aliphatic heterocycles. The molecule has 100 valence electrons. The first-order valence-corrected chi connectivity index (χ1v) is 6.21. The van der Waals surface area contributed by atoms with Crippen molar-refractivity contribution in [3.8, 4) is 0 Å². The van der Waals surface area contributed by atoms with E-state index in [2.05, 4.69) is 10.4 Å². The van der Waals surface area contributed by atoms with Gasteiger partial charge in [-0.05, 0) is 37.6 Å². The highest BCUT2D eigenvalue weighted by molar-refractivity contribution is 5.97. The second-order valence-electron chi connectivity index (χ2n) is 4.62. The van der Waals surface area contributed by atoms with Gasteiger partial charge >= 0.3 is 0 Å². The molecule has 2 rings (SSSR count). The highest BCUT2D eigenvalue weighted by Crippen LogP contribution is 2.15. The third kappa shape index (κ3) is 3.13. The zero-order valence-corrected chi connectivity index (χ0v) is 11.1. The van der Waals surface area contributed by atoms with Gasteiger partial charge in [0.05, 0.1) is 6.54 Å². The smallest absolute Gasteiger partial charge is 0.251 e. The minimum Gasteiger partial charge on any atom is -0.398 e. The van der Waals surface area contributed by atoms with Crippen molar-refractivity contribution in [1.29, 1.82) is 0 Å². The Morgan fingerprint density at radius 1 is 1.47 bits per heavy atom. The molecule has 0 saturated heterocycles. The topological polar surface area (TPSA) is 72.9 Å². The SMILES string of the molecule is Cc1c(N)cccc1C(=O)NC(C)Cn1cccn1. The van der Waals surface area contributed by atoms with E-state index in [0.717, 1.165) is 5.56 Å². The molecule has 19 heavy (non-hydrogen) atoms. The van der Waals surface area contributed by atoms with Crippen LogP contribution in [0.25, 0.3) is 0 Å². The van der Waals surface area contributed by atoms with Crippen LogP contribution in [0.15, 0.2) is 36.7 Å². The molecule has 0 aliphatic carbocycles. The number of anilines is 1. The summed E-state index contributed by atoms with van der Waals surface area (Å²) in [6.07, 6.45) is 3.59. The molecule has 3 N–H and O–H groups in total. The molecule has 0 bridgehead atoms. The van der Waals surface area contributed by atoms with E-state index in [4.69, 9.17) is 5.73 Å². The van der Waals surface area contributed by atoms with Crippen molar-refractivity contribution in [3.05, 3.63) is 47.8 Å². The zero-order valence-electron chi connectivity index (χ0n) is 11.1. The van der Waals surface area contributed by atoms with Gasteiger partial charge in [-0.2, -0.15) is 5.10 Å². The summed E-state index contributed by atoms with van der Waals surface area (Å²) in [5.74, 6) is -0.107. The summed E-state index contributed by atoms with van der Waals surface area (Å²) in [4.78, 5) is 12.2. The Balaban J connectivity index is 2.02. The van der Waals surface area contributed by atoms with E-state index in [0.29, 0.717) is 17.8 Å². The Bertz CT molecular complexity index is 563. The fraction of sp³-hybridized carbons (Fsp3) is 0.286. The summed E-state index contributed by atoms with van der Waals surface area (Å²) in [6, 6.07) is 7.21. The quantitative estimate of drug-likeness (QED) is 0.818. The van der Waals surface area contributed by atoms with Crippen LogP contribution in [-0.2, 0) is 6.54 Å². The summed E-state index contributed by atoms with van der Waals surface area (Å²) >= 11 is 0. The fourth-order valence-electron chi connectivity index (χ4n) is 1.94. The van der Waals surface area contributed by atoms with E-state index < -0.39 is 0 Å². The summed E-state index contributed by atoms with van der Waals surface area (Å²) in [7, 11) is 0. The van der Waals surface area contributed by atoms with Crippen LogP contribution >= 0.6 is 0 Å². The van der Waals surface area contributed by atoms with Crippen LogP contribution in [0.3, 0.4) is 0 Å². The van der Waals surface area contributed by atoms with Gasteiger partial charge in [-0.3, -0.25) is 9.48 Å². The van der Waals surface area contributed by atoms with E-state index >= 15 is 0 Å². The molecule has 1 aromatic heterocycles. The third-order valence-corrected chi connectivity index (χ3v) is 3.02. The van der Waals surface area contributed by atoms with E-state index in [1.165, 1.54) is 0 Å². The van der Waals surface area contributed by atoms with E-state index in [1.807, 2.05) is 26.1 Å². The molecule has 1 aromatic carbocycles. The Hall–Kier alpha value is -2.30. The molecule has 0 fully saturated rings. The molecule has 5 heteroatoms. The molecule has 0 radical (unpaired) electrons. The van der Waals surface area contributed by atoms with Crippen LogP contribution in [-0.4, -0.2) is 21.7 Å². The lowest BCUT2D eigenvalue weighted by Crippen LogP contribution is -2.36. The van der Waals surface area contributed by atoms with Crippen LogP contribution in [0, 0.1) is 6.92 Å². The molecule has 0 saturated carbocycles. The number of carbonyl (C=O) groups excluding carboxylic acids is 1. The summed E-state index contributed by atoms with van der Waals surface area (Å²) in [5, 5.41) is 7.06. The lowest BCUT2D eigenvalue weighted by atomic mass is 10.1. The van der Waals surface area contributed by atoms with Crippen molar-refractivity contribution in [2.24, 2.45) is 0 Å². The number of rotatable bonds is 4. The molecule has 0 spiro atoms. The number of carbonyl (C=O) groups is 1. The van der Waals surface area contributed by atoms with Gasteiger partial charge in [0, 0.05) is 29.7 Å². The average Bonchev–Trinajstić information content (AvgIpc) is 2.85. The number of nitrogens with zero attached hydrogens (tertiary/aromatic N) is 2. The van der Waals surface area contributed by atoms with Crippen molar-refractivity contribution < 1.29 is 4.79 Å². The lowest BCUT2D eigenvalue weighted by Gasteiger charge is -2.15. The molecule has 1 amide bonds. The van der Waals surface area contributed by atoms with Crippen molar-refractivity contribution in [2.45, 2.75) is 26.4 Å². The summed E-state index contributed by atoms with van der Waals surface area (Å²) < 4.78 is 1.79. The van der Waals surface area contributed by atoms with Crippen LogP contribution in [0.2, 0.25) is 0 Å². The fourth-order valence-corrected chi connectivity index (χ4v) is 1.94. The van der Waals surface area contributed by atoms with E-state index in [1.54, 1.807) is 29.1 Å². The van der Waals surface area contributed by atoms with E-state index in [9.17, 15) is 4.79 Å². The Morgan fingerprint density at radius 2 is 2.26 bits per heavy atom. The minimum atomic E-state index is -0.107. The Morgan fingerprint density at radius 3 is 2.95 bits per heavy atom. The van der Waals surface area contributed by atoms with Crippen molar-refractivity contribution >= 4 is 11.6 Å². The van der Waals surface area contributed by atoms with Gasteiger partial charge in [-0.15, -0.1) is 0 Å². The molecular formula is C14H18N4O. The molecular weight excluding hydrogens is 240 g/mol. The first-order valence-electron chi connectivity index (χ1n) is 6.21. The monoisotopic (exact) mass is 258 g/mol. The van der Waals surface area contributed by atoms with Gasteiger partial charge in [0.1, 0.15) is 0 Å². The second-order valence-corrected chi connectivity index (χ2v) is 4.62. The van der Waals surface area contributed by atoms with Crippen molar-refractivity contribution in [1.82, 2.24) is 15.1 Å². The average molecular weight is 258 g/mol. The van der Waals surface area contributed by atoms with E-state index in [-0.39, 0.29) is 11.9 Å². The van der Waals surface area contributed by atoms with Gasteiger partial charge < -0.3 is 11.1 Å². The maximum Gasteiger partial charge on any atom is 0.251 e. The first-order chi connectivity index (χ1) is 9.08. The normalized spacial score (nSPS) is 12.1. The Labute approximate surface area is 112 Å². The van der Waals surface area contributed by atoms with Gasteiger partial charge in [0.2, 0.25) is 0 Å². The molecule has 1 heterocycles. The van der Waals surface area contributed by atoms with Crippen LogP contribution in [0.1, 0.15) is 22.8 Å². The van der Waals surface area contributed by atoms with Gasteiger partial charge in [0.25, 0.3) is 5.91 Å². The number of nitrogen functional groups attached to an aromatic ring is 1. The lowest BCUT2D eigenvalue weighted by molar-refractivity contribution is 0.0935. The number of aromatic nitrogens is 2. The van der Waals surface area contributed by atoms with Gasteiger partial charge in [-0.1, -0.05) is 6.07 Å². The van der Waals surface area contributed by atoms with Crippen molar-refractivity contribution in [2.75, 3.05) is 5.73 Å². The van der Waals surface area contributed by atoms with Crippen LogP contribution < -0.4 is 11.1 Å². The summed E-state index contributed by atoms with van der Waals surface area (Å²) in [5.41, 5.74) is 7.87. The molecule has 0 aliphatic rings. The second kappa shape index (κ2) is 5.56. The summed E-state index contributed by atoms with van der Waals surface area (Å²) in [6.45, 7) is 4.43. The third-order valence-electron chi connectivity index (χ3n) is 3.02. The Kier molecular flexibility index (Phi) is 3.85. The predicted molar refractivity (Wildman–Crippen MR) is 74.7 cm³/mol. The van der Waals surface area contributed by atoms with Crippen LogP contribution in [0.5, 0.6) is 0 Å². The molecule has 1 atom stereocenters. The predicted octanol–water partition coefficient (Wildman–Crippen LogP) is 1.59. The largest absolute Gasteiger partial charge is 0.398 e. The molecule has 2 aromatic rings. The zero-order chi connectivity index (χ0) is 13.8. The standard InChI is InChI=1S/C14H18N4O/c1-10(9-18-8-4-7-16-18)17-14(19)12-5-3-6-13(15)11(12)2/h3-8,10H,9,15H2,1-2H3,(H,17,19). The molecule has 1 unspecified atom stereocenters. The first kappa shape index (κ1) is 13.1. The van der Waals surface area contributed by atoms with Crippen molar-refractivity contribution in [3.63, 3.8) is 0 Å². The number of hydrogen-bond donors (Lipinski definition) is 2. The number of benzene rings is 1. The molecule has 5 nitrogen and oxygen atoms in total. The highest BCUT2D eigenvalue weighted by atomic mass is 16.1. The number of hydrogen-bond acceptors (Lipinski definition) is 3. The number of nitrogens with one attached hydrogen (secondary N) is 1. The maximum atomic E-state index is 12.2. The van der Waals surface area contributed by atoms with Gasteiger partial charge in [-0.25, -0.2) is 0 Å².